The number of carbonyl (C=O) groups is 1. The second-order valence-corrected chi connectivity index (χ2v) is 9.66. The number of aryl methyl sites for hydroxylation is 1. The summed E-state index contributed by atoms with van der Waals surface area (Å²) >= 11 is 0. The van der Waals surface area contributed by atoms with Gasteiger partial charge in [0.15, 0.2) is 11.5 Å². The van der Waals surface area contributed by atoms with Gasteiger partial charge in [0.2, 0.25) is 11.9 Å². The number of hydrogen-bond acceptors (Lipinski definition) is 8. The lowest BCUT2D eigenvalue weighted by molar-refractivity contribution is -0.130. The van der Waals surface area contributed by atoms with Crippen LogP contribution in [0, 0.1) is 23.7 Å². The minimum atomic E-state index is -0.408. The summed E-state index contributed by atoms with van der Waals surface area (Å²) in [6.45, 7) is 5.28. The van der Waals surface area contributed by atoms with Crippen molar-refractivity contribution in [3.8, 4) is 28.8 Å². The van der Waals surface area contributed by atoms with E-state index in [-0.39, 0.29) is 24.3 Å². The summed E-state index contributed by atoms with van der Waals surface area (Å²) in [6, 6.07) is 7.69. The van der Waals surface area contributed by atoms with E-state index in [1.807, 2.05) is 28.8 Å². The summed E-state index contributed by atoms with van der Waals surface area (Å²) in [7, 11) is 0. The van der Waals surface area contributed by atoms with Crippen molar-refractivity contribution in [2.75, 3.05) is 25.0 Å². The van der Waals surface area contributed by atoms with Crippen molar-refractivity contribution in [2.24, 2.45) is 5.41 Å². The Labute approximate surface area is 209 Å². The van der Waals surface area contributed by atoms with Crippen LogP contribution in [0.5, 0.6) is 11.5 Å². The molecule has 0 unspecified atom stereocenters. The Balaban J connectivity index is 1.27. The highest BCUT2D eigenvalue weighted by atomic mass is 16.5. The van der Waals surface area contributed by atoms with Crippen molar-refractivity contribution < 1.29 is 14.6 Å². The first-order chi connectivity index (χ1) is 17.4. The van der Waals surface area contributed by atoms with E-state index in [1.165, 1.54) is 0 Å². The molecule has 2 N–H and O–H groups in total. The molecule has 0 bridgehead atoms. The fourth-order valence-corrected chi connectivity index (χ4v) is 4.41. The molecule has 5 rings (SSSR count). The Morgan fingerprint density at radius 2 is 2.08 bits per heavy atom. The average molecular weight is 488 g/mol. The van der Waals surface area contributed by atoms with E-state index in [0.717, 1.165) is 55.6 Å². The van der Waals surface area contributed by atoms with Crippen molar-refractivity contribution >= 4 is 17.5 Å². The number of carbonyl (C=O) groups excluding carboxylic acids is 1. The highest BCUT2D eigenvalue weighted by molar-refractivity contribution is 5.73. The molecule has 36 heavy (non-hydrogen) atoms. The molecule has 0 spiro atoms. The van der Waals surface area contributed by atoms with Crippen molar-refractivity contribution in [1.82, 2.24) is 24.6 Å². The van der Waals surface area contributed by atoms with Crippen LogP contribution >= 0.6 is 0 Å². The van der Waals surface area contributed by atoms with Gasteiger partial charge in [-0.15, -0.1) is 0 Å². The first-order valence-electron chi connectivity index (χ1n) is 12.1. The predicted octanol–water partition coefficient (Wildman–Crippen LogP) is 3.96. The number of phenols is 1. The summed E-state index contributed by atoms with van der Waals surface area (Å²) in [6.07, 6.45) is 8.80. The van der Waals surface area contributed by atoms with Gasteiger partial charge in [0.25, 0.3) is 0 Å². The van der Waals surface area contributed by atoms with Crippen LogP contribution in [0.25, 0.3) is 11.3 Å². The molecular weight excluding hydrogens is 458 g/mol. The second-order valence-electron chi connectivity index (χ2n) is 9.66. The minimum absolute atomic E-state index is 0.00542. The van der Waals surface area contributed by atoms with E-state index in [4.69, 9.17) is 4.74 Å². The molecule has 0 radical (unpaired) electrons. The van der Waals surface area contributed by atoms with E-state index in [1.54, 1.807) is 31.5 Å². The van der Waals surface area contributed by atoms with E-state index in [0.29, 0.717) is 17.4 Å². The first-order valence-corrected chi connectivity index (χ1v) is 12.1. The highest BCUT2D eigenvalue weighted by Gasteiger charge is 2.44. The maximum Gasteiger partial charge on any atom is 0.227 e. The molecule has 0 atom stereocenters. The normalized spacial score (nSPS) is 16.9. The summed E-state index contributed by atoms with van der Waals surface area (Å²) in [5.74, 6) is 0.897. The van der Waals surface area contributed by atoms with Crippen LogP contribution in [0.15, 0.2) is 36.8 Å². The van der Waals surface area contributed by atoms with Gasteiger partial charge in [-0.05, 0) is 56.4 Å². The number of piperidine rings is 1. The van der Waals surface area contributed by atoms with Gasteiger partial charge in [-0.3, -0.25) is 9.48 Å². The van der Waals surface area contributed by atoms with Crippen LogP contribution in [0.1, 0.15) is 44.2 Å². The number of likely N-dealkylation sites (tertiary alicyclic amines) is 1. The van der Waals surface area contributed by atoms with Gasteiger partial charge in [-0.1, -0.05) is 0 Å². The number of rotatable bonds is 7. The van der Waals surface area contributed by atoms with Gasteiger partial charge < -0.3 is 20.1 Å². The summed E-state index contributed by atoms with van der Waals surface area (Å²) in [5, 5.41) is 27.4. The van der Waals surface area contributed by atoms with Crippen molar-refractivity contribution in [2.45, 2.75) is 45.6 Å². The zero-order valence-electron chi connectivity index (χ0n) is 20.4. The van der Waals surface area contributed by atoms with E-state index in [2.05, 4.69) is 26.5 Å². The zero-order valence-corrected chi connectivity index (χ0v) is 20.4. The lowest BCUT2D eigenvalue weighted by Gasteiger charge is -2.31. The maximum atomic E-state index is 11.6. The topological polar surface area (TPSA) is 129 Å². The van der Waals surface area contributed by atoms with Crippen LogP contribution in [0.3, 0.4) is 0 Å². The standard InChI is InChI=1S/C26H29N7O3/c1-17-12-28-25(30-20-13-29-33(14-20)21-5-9-32(10-6-21)18(2)34)31-24(17)19-3-4-23(22(35)11-19)36-16-26(15-27)7-8-26/h3-4,11-14,21,35H,5-10,16H2,1-2H3,(H,28,30,31). The third kappa shape index (κ3) is 4.96. The lowest BCUT2D eigenvalue weighted by atomic mass is 10.1. The van der Waals surface area contributed by atoms with Crippen LogP contribution in [-0.4, -0.2) is 55.4 Å². The number of anilines is 2. The number of hydrogen-bond donors (Lipinski definition) is 2. The summed E-state index contributed by atoms with van der Waals surface area (Å²) in [5.41, 5.74) is 2.65. The number of aromatic hydroxyl groups is 1. The molecule has 1 aromatic carbocycles. The Morgan fingerprint density at radius 3 is 2.75 bits per heavy atom. The fourth-order valence-electron chi connectivity index (χ4n) is 4.41. The predicted molar refractivity (Wildman–Crippen MR) is 133 cm³/mol. The monoisotopic (exact) mass is 487 g/mol. The molecular formula is C26H29N7O3. The van der Waals surface area contributed by atoms with Gasteiger partial charge in [0, 0.05) is 38.0 Å². The lowest BCUT2D eigenvalue weighted by Crippen LogP contribution is -2.37. The Morgan fingerprint density at radius 1 is 1.31 bits per heavy atom. The smallest absolute Gasteiger partial charge is 0.227 e. The highest BCUT2D eigenvalue weighted by Crippen LogP contribution is 2.45. The fraction of sp³-hybridized carbons (Fsp3) is 0.423. The largest absolute Gasteiger partial charge is 0.504 e. The van der Waals surface area contributed by atoms with Gasteiger partial charge >= 0.3 is 0 Å². The Bertz CT molecular complexity index is 1320. The van der Waals surface area contributed by atoms with Gasteiger partial charge in [-0.25, -0.2) is 9.97 Å². The van der Waals surface area contributed by atoms with Crippen molar-refractivity contribution in [3.63, 3.8) is 0 Å². The SMILES string of the molecule is CC(=O)N1CCC(n2cc(Nc3ncc(C)c(-c4ccc(OCC5(C#N)CC5)c(O)c4)n3)cn2)CC1. The van der Waals surface area contributed by atoms with Gasteiger partial charge in [-0.2, -0.15) is 10.4 Å². The zero-order chi connectivity index (χ0) is 25.3. The molecule has 2 fully saturated rings. The Hall–Kier alpha value is -4.13. The molecule has 1 saturated heterocycles. The van der Waals surface area contributed by atoms with Crippen molar-refractivity contribution in [1.29, 1.82) is 5.26 Å². The number of nitrogens with zero attached hydrogens (tertiary/aromatic N) is 6. The molecule has 10 heteroatoms. The number of benzene rings is 1. The number of aromatic nitrogens is 4. The molecule has 1 aliphatic carbocycles. The number of nitrogens with one attached hydrogen (secondary N) is 1. The molecule has 2 aliphatic rings. The summed E-state index contributed by atoms with van der Waals surface area (Å²) < 4.78 is 7.64. The number of ether oxygens (including phenoxy) is 1. The van der Waals surface area contributed by atoms with Crippen molar-refractivity contribution in [3.05, 3.63) is 42.4 Å². The molecule has 1 saturated carbocycles. The van der Waals surface area contributed by atoms with E-state index in [9.17, 15) is 15.2 Å². The Kier molecular flexibility index (Phi) is 6.22. The minimum Gasteiger partial charge on any atom is -0.504 e. The maximum absolute atomic E-state index is 11.6. The number of nitriles is 1. The molecule has 10 nitrogen and oxygen atoms in total. The third-order valence-corrected chi connectivity index (χ3v) is 6.94. The first kappa shape index (κ1) is 23.6. The van der Waals surface area contributed by atoms with Gasteiger partial charge in [0.05, 0.1) is 35.1 Å². The second kappa shape index (κ2) is 9.49. The number of amides is 1. The molecule has 3 aromatic rings. The van der Waals surface area contributed by atoms with Gasteiger partial charge in [0.1, 0.15) is 6.61 Å². The number of phenolic OH excluding ortho intramolecular Hbond substituents is 1. The summed E-state index contributed by atoms with van der Waals surface area (Å²) in [4.78, 5) is 22.5. The molecule has 2 aromatic heterocycles. The molecule has 1 aliphatic heterocycles. The molecule has 1 amide bonds. The molecule has 186 valence electrons. The quantitative estimate of drug-likeness (QED) is 0.512. The van der Waals surface area contributed by atoms with E-state index < -0.39 is 5.41 Å². The van der Waals surface area contributed by atoms with Crippen LogP contribution in [0.4, 0.5) is 11.6 Å². The van der Waals surface area contributed by atoms with E-state index >= 15 is 0 Å². The van der Waals surface area contributed by atoms with Crippen LogP contribution in [0.2, 0.25) is 0 Å². The average Bonchev–Trinajstić information content (AvgIpc) is 3.52. The molecule has 3 heterocycles. The third-order valence-electron chi connectivity index (χ3n) is 6.94. The van der Waals surface area contributed by atoms with Crippen LogP contribution < -0.4 is 10.1 Å². The van der Waals surface area contributed by atoms with Crippen LogP contribution in [-0.2, 0) is 4.79 Å².